The predicted octanol–water partition coefficient (Wildman–Crippen LogP) is 1.97. The number of amides is 1. The van der Waals surface area contributed by atoms with Crippen molar-refractivity contribution in [1.29, 1.82) is 0 Å². The smallest absolute Gasteiger partial charge is 0.273 e. The zero-order valence-corrected chi connectivity index (χ0v) is 12.6. The molecule has 6 nitrogen and oxygen atoms in total. The minimum Gasteiger partial charge on any atom is -0.497 e. The van der Waals surface area contributed by atoms with E-state index in [2.05, 4.69) is 10.3 Å². The zero-order valence-electron chi connectivity index (χ0n) is 12.6. The van der Waals surface area contributed by atoms with Crippen LogP contribution in [-0.2, 0) is 6.42 Å². The van der Waals surface area contributed by atoms with E-state index in [0.29, 0.717) is 24.6 Å². The quantitative estimate of drug-likeness (QED) is 0.934. The number of benzene rings is 1. The molecule has 22 heavy (non-hydrogen) atoms. The van der Waals surface area contributed by atoms with Crippen molar-refractivity contribution in [3.05, 3.63) is 41.6 Å². The largest absolute Gasteiger partial charge is 0.497 e. The normalized spacial score (nSPS) is 16.5. The lowest BCUT2D eigenvalue weighted by Crippen LogP contribution is -2.35. The SMILES string of the molecule is COc1ccc2c(c1)OCC(CNC(=O)c1ncoc1C)C2. The highest BCUT2D eigenvalue weighted by Crippen LogP contribution is 2.30. The van der Waals surface area contributed by atoms with E-state index >= 15 is 0 Å². The van der Waals surface area contributed by atoms with Gasteiger partial charge in [0.1, 0.15) is 17.3 Å². The summed E-state index contributed by atoms with van der Waals surface area (Å²) in [6.07, 6.45) is 2.13. The van der Waals surface area contributed by atoms with Gasteiger partial charge >= 0.3 is 0 Å². The van der Waals surface area contributed by atoms with Crippen LogP contribution in [0.25, 0.3) is 0 Å². The lowest BCUT2D eigenvalue weighted by molar-refractivity contribution is 0.0933. The molecule has 0 saturated carbocycles. The maximum Gasteiger partial charge on any atom is 0.273 e. The Labute approximate surface area is 128 Å². The number of nitrogens with one attached hydrogen (secondary N) is 1. The van der Waals surface area contributed by atoms with Gasteiger partial charge in [0.25, 0.3) is 5.91 Å². The van der Waals surface area contributed by atoms with E-state index in [1.165, 1.54) is 6.39 Å². The third kappa shape index (κ3) is 2.90. The molecule has 1 N–H and O–H groups in total. The van der Waals surface area contributed by atoms with Gasteiger partial charge in [0.05, 0.1) is 13.7 Å². The summed E-state index contributed by atoms with van der Waals surface area (Å²) in [6, 6.07) is 5.81. The summed E-state index contributed by atoms with van der Waals surface area (Å²) in [6.45, 7) is 2.82. The van der Waals surface area contributed by atoms with Gasteiger partial charge in [0.2, 0.25) is 0 Å². The third-order valence-corrected chi connectivity index (χ3v) is 3.77. The molecular weight excluding hydrogens is 284 g/mol. The van der Waals surface area contributed by atoms with Crippen molar-refractivity contribution in [2.75, 3.05) is 20.3 Å². The summed E-state index contributed by atoms with van der Waals surface area (Å²) in [5.41, 5.74) is 1.46. The molecule has 0 spiro atoms. The van der Waals surface area contributed by atoms with Crippen molar-refractivity contribution in [2.24, 2.45) is 5.92 Å². The number of carbonyl (C=O) groups is 1. The number of ether oxygens (including phenoxy) is 2. The number of rotatable bonds is 4. The van der Waals surface area contributed by atoms with Crippen LogP contribution in [-0.4, -0.2) is 31.2 Å². The van der Waals surface area contributed by atoms with Gasteiger partial charge in [0, 0.05) is 18.5 Å². The first kappa shape index (κ1) is 14.4. The van der Waals surface area contributed by atoms with Crippen LogP contribution in [0.1, 0.15) is 21.8 Å². The van der Waals surface area contributed by atoms with E-state index in [1.54, 1.807) is 14.0 Å². The second-order valence-electron chi connectivity index (χ2n) is 5.32. The van der Waals surface area contributed by atoms with E-state index in [4.69, 9.17) is 13.9 Å². The van der Waals surface area contributed by atoms with Gasteiger partial charge in [-0.05, 0) is 25.0 Å². The molecule has 0 bridgehead atoms. The average molecular weight is 302 g/mol. The number of aromatic nitrogens is 1. The first-order chi connectivity index (χ1) is 10.7. The van der Waals surface area contributed by atoms with Crippen molar-refractivity contribution in [2.45, 2.75) is 13.3 Å². The molecule has 1 amide bonds. The van der Waals surface area contributed by atoms with E-state index in [9.17, 15) is 4.79 Å². The molecule has 1 aliphatic rings. The number of fused-ring (bicyclic) bond motifs is 1. The number of oxazole rings is 1. The fourth-order valence-electron chi connectivity index (χ4n) is 2.52. The van der Waals surface area contributed by atoms with Gasteiger partial charge in [-0.2, -0.15) is 0 Å². The number of carbonyl (C=O) groups excluding carboxylic acids is 1. The topological polar surface area (TPSA) is 73.6 Å². The lowest BCUT2D eigenvalue weighted by Gasteiger charge is -2.25. The summed E-state index contributed by atoms with van der Waals surface area (Å²) in [4.78, 5) is 15.9. The average Bonchev–Trinajstić information content (AvgIpc) is 2.98. The van der Waals surface area contributed by atoms with Crippen LogP contribution < -0.4 is 14.8 Å². The lowest BCUT2D eigenvalue weighted by atomic mass is 9.96. The molecule has 1 aliphatic heterocycles. The highest BCUT2D eigenvalue weighted by Gasteiger charge is 2.22. The van der Waals surface area contributed by atoms with Crippen LogP contribution in [0, 0.1) is 12.8 Å². The number of methoxy groups -OCH3 is 1. The molecule has 6 heteroatoms. The van der Waals surface area contributed by atoms with Crippen LogP contribution >= 0.6 is 0 Å². The summed E-state index contributed by atoms with van der Waals surface area (Å²) in [5, 5.41) is 2.88. The maximum absolute atomic E-state index is 12.0. The monoisotopic (exact) mass is 302 g/mol. The minimum atomic E-state index is -0.216. The highest BCUT2D eigenvalue weighted by atomic mass is 16.5. The van der Waals surface area contributed by atoms with E-state index < -0.39 is 0 Å². The molecule has 116 valence electrons. The number of hydrogen-bond acceptors (Lipinski definition) is 5. The Balaban J connectivity index is 1.59. The summed E-state index contributed by atoms with van der Waals surface area (Å²) in [5.74, 6) is 2.18. The van der Waals surface area contributed by atoms with Crippen LogP contribution in [0.5, 0.6) is 11.5 Å². The molecule has 0 radical (unpaired) electrons. The van der Waals surface area contributed by atoms with Crippen LogP contribution in [0.4, 0.5) is 0 Å². The Morgan fingerprint density at radius 1 is 1.50 bits per heavy atom. The van der Waals surface area contributed by atoms with E-state index in [-0.39, 0.29) is 11.8 Å². The Hall–Kier alpha value is -2.50. The van der Waals surface area contributed by atoms with E-state index in [1.807, 2.05) is 18.2 Å². The molecule has 0 saturated heterocycles. The Bertz CT molecular complexity index is 681. The second-order valence-corrected chi connectivity index (χ2v) is 5.32. The van der Waals surface area contributed by atoms with Gasteiger partial charge in [0.15, 0.2) is 12.1 Å². The maximum atomic E-state index is 12.0. The van der Waals surface area contributed by atoms with Crippen LogP contribution in [0.3, 0.4) is 0 Å². The molecule has 1 atom stereocenters. The Morgan fingerprint density at radius 2 is 2.36 bits per heavy atom. The van der Waals surface area contributed by atoms with Crippen molar-refractivity contribution in [3.63, 3.8) is 0 Å². The van der Waals surface area contributed by atoms with Crippen LogP contribution in [0.2, 0.25) is 0 Å². The van der Waals surface area contributed by atoms with Crippen molar-refractivity contribution < 1.29 is 18.7 Å². The van der Waals surface area contributed by atoms with Gasteiger partial charge in [-0.3, -0.25) is 4.79 Å². The molecule has 1 unspecified atom stereocenters. The van der Waals surface area contributed by atoms with Crippen LogP contribution in [0.15, 0.2) is 29.0 Å². The fourth-order valence-corrected chi connectivity index (χ4v) is 2.52. The molecule has 2 aromatic rings. The minimum absolute atomic E-state index is 0.216. The highest BCUT2D eigenvalue weighted by molar-refractivity contribution is 5.93. The van der Waals surface area contributed by atoms with E-state index in [0.717, 1.165) is 23.5 Å². The number of nitrogens with zero attached hydrogens (tertiary/aromatic N) is 1. The van der Waals surface area contributed by atoms with Crippen molar-refractivity contribution in [3.8, 4) is 11.5 Å². The first-order valence-electron chi connectivity index (χ1n) is 7.15. The summed E-state index contributed by atoms with van der Waals surface area (Å²) >= 11 is 0. The van der Waals surface area contributed by atoms with Crippen molar-refractivity contribution >= 4 is 5.91 Å². The van der Waals surface area contributed by atoms with Gasteiger partial charge in [-0.15, -0.1) is 0 Å². The van der Waals surface area contributed by atoms with Gasteiger partial charge in [-0.1, -0.05) is 6.07 Å². The zero-order chi connectivity index (χ0) is 15.5. The predicted molar refractivity (Wildman–Crippen MR) is 79.3 cm³/mol. The Morgan fingerprint density at radius 3 is 3.09 bits per heavy atom. The molecular formula is C16H18N2O4. The summed E-state index contributed by atoms with van der Waals surface area (Å²) < 4.78 is 16.0. The standard InChI is InChI=1S/C16H18N2O4/c1-10-15(18-9-22-10)16(19)17-7-11-5-12-3-4-13(20-2)6-14(12)21-8-11/h3-4,6,9,11H,5,7-8H2,1-2H3,(H,17,19). The molecule has 1 aromatic carbocycles. The molecule has 0 fully saturated rings. The Kier molecular flexibility index (Phi) is 4.00. The number of hydrogen-bond donors (Lipinski definition) is 1. The molecule has 3 rings (SSSR count). The summed E-state index contributed by atoms with van der Waals surface area (Å²) in [7, 11) is 1.63. The number of aryl methyl sites for hydroxylation is 1. The molecule has 1 aromatic heterocycles. The van der Waals surface area contributed by atoms with Gasteiger partial charge < -0.3 is 19.2 Å². The molecule has 2 heterocycles. The fraction of sp³-hybridized carbons (Fsp3) is 0.375. The van der Waals surface area contributed by atoms with Gasteiger partial charge in [-0.25, -0.2) is 4.98 Å². The molecule has 0 aliphatic carbocycles. The van der Waals surface area contributed by atoms with Crippen molar-refractivity contribution in [1.82, 2.24) is 10.3 Å². The third-order valence-electron chi connectivity index (χ3n) is 3.77. The second kappa shape index (κ2) is 6.09. The first-order valence-corrected chi connectivity index (χ1v) is 7.15.